The molecule has 2 aromatic heterocycles. The summed E-state index contributed by atoms with van der Waals surface area (Å²) in [5.41, 5.74) is 6.28. The zero-order valence-corrected chi connectivity index (χ0v) is 11.4. The summed E-state index contributed by atoms with van der Waals surface area (Å²) < 4.78 is 0. The third-order valence-electron chi connectivity index (χ3n) is 4.21. The van der Waals surface area contributed by atoms with Crippen LogP contribution in [-0.4, -0.2) is 38.4 Å². The molecular weight excluding hydrogens is 256 g/mol. The van der Waals surface area contributed by atoms with Gasteiger partial charge in [0.05, 0.1) is 18.2 Å². The number of anilines is 2. The van der Waals surface area contributed by atoms with Crippen molar-refractivity contribution in [3.63, 3.8) is 0 Å². The van der Waals surface area contributed by atoms with E-state index in [1.54, 1.807) is 6.20 Å². The maximum absolute atomic E-state index is 9.73. The molecule has 1 aliphatic carbocycles. The number of aromatic nitrogens is 4. The molecule has 108 valence electrons. The second-order valence-electron chi connectivity index (χ2n) is 5.64. The Balaban J connectivity index is 1.80. The van der Waals surface area contributed by atoms with Gasteiger partial charge in [0.1, 0.15) is 5.82 Å². The number of hydrogen-bond donors (Lipinski definition) is 4. The first kappa shape index (κ1) is 13.1. The predicted octanol–water partition coefficient (Wildman–Crippen LogP) is 1.29. The number of nitrogen functional groups attached to an aromatic ring is 1. The van der Waals surface area contributed by atoms with Crippen LogP contribution in [0.5, 0.6) is 0 Å². The van der Waals surface area contributed by atoms with Crippen molar-refractivity contribution in [2.45, 2.75) is 32.1 Å². The average Bonchev–Trinajstić information content (AvgIpc) is 2.94. The minimum Gasteiger partial charge on any atom is -0.396 e. The Hall–Kier alpha value is -1.89. The molecule has 1 fully saturated rings. The minimum atomic E-state index is -0.0476. The van der Waals surface area contributed by atoms with E-state index in [1.165, 1.54) is 19.3 Å². The first-order chi connectivity index (χ1) is 9.72. The lowest BCUT2D eigenvalue weighted by Gasteiger charge is -2.35. The van der Waals surface area contributed by atoms with E-state index in [1.807, 2.05) is 0 Å². The predicted molar refractivity (Wildman–Crippen MR) is 77.2 cm³/mol. The van der Waals surface area contributed by atoms with Gasteiger partial charge in [-0.25, -0.2) is 0 Å². The molecule has 1 saturated carbocycles. The van der Waals surface area contributed by atoms with Crippen molar-refractivity contribution in [1.29, 1.82) is 0 Å². The van der Waals surface area contributed by atoms with Gasteiger partial charge in [0.2, 0.25) is 5.95 Å². The number of aliphatic hydroxyl groups is 1. The highest BCUT2D eigenvalue weighted by Crippen LogP contribution is 2.36. The van der Waals surface area contributed by atoms with Crippen molar-refractivity contribution in [2.24, 2.45) is 5.41 Å². The Labute approximate surface area is 117 Å². The number of fused-ring (bicyclic) bond motifs is 1. The van der Waals surface area contributed by atoms with Gasteiger partial charge < -0.3 is 16.2 Å². The lowest BCUT2D eigenvalue weighted by molar-refractivity contribution is 0.0943. The monoisotopic (exact) mass is 276 g/mol. The average molecular weight is 276 g/mol. The topological polar surface area (TPSA) is 113 Å². The molecule has 2 heterocycles. The van der Waals surface area contributed by atoms with Gasteiger partial charge in [-0.1, -0.05) is 19.3 Å². The minimum absolute atomic E-state index is 0.0476. The van der Waals surface area contributed by atoms with Crippen LogP contribution < -0.4 is 11.1 Å². The molecule has 0 atom stereocenters. The summed E-state index contributed by atoms with van der Waals surface area (Å²) in [6.07, 6.45) is 7.39. The standard InChI is InChI=1S/C13H20N6O/c14-12-17-10(9-6-16-19-11(9)18-12)15-7-13(8-20)4-2-1-3-5-13/h6,20H,1-5,7-8H2,(H4,14,15,16,17,18,19). The molecule has 5 N–H and O–H groups in total. The second kappa shape index (κ2) is 5.24. The van der Waals surface area contributed by atoms with Crippen LogP contribution in [0.4, 0.5) is 11.8 Å². The molecule has 1 aliphatic rings. The highest BCUT2D eigenvalue weighted by molar-refractivity contribution is 5.86. The summed E-state index contributed by atoms with van der Waals surface area (Å²) >= 11 is 0. The first-order valence-corrected chi connectivity index (χ1v) is 7.04. The van der Waals surface area contributed by atoms with E-state index in [4.69, 9.17) is 5.73 Å². The van der Waals surface area contributed by atoms with E-state index in [2.05, 4.69) is 25.5 Å². The van der Waals surface area contributed by atoms with Gasteiger partial charge in [-0.15, -0.1) is 0 Å². The van der Waals surface area contributed by atoms with Crippen LogP contribution in [0.2, 0.25) is 0 Å². The number of aromatic amines is 1. The third-order valence-corrected chi connectivity index (χ3v) is 4.21. The van der Waals surface area contributed by atoms with E-state index >= 15 is 0 Å². The Morgan fingerprint density at radius 3 is 2.85 bits per heavy atom. The van der Waals surface area contributed by atoms with Crippen LogP contribution in [0, 0.1) is 5.41 Å². The Bertz CT molecular complexity index is 590. The molecule has 0 amide bonds. The van der Waals surface area contributed by atoms with E-state index in [0.717, 1.165) is 18.2 Å². The quantitative estimate of drug-likeness (QED) is 0.669. The molecule has 7 heteroatoms. The molecule has 0 aliphatic heterocycles. The summed E-state index contributed by atoms with van der Waals surface area (Å²) in [6.45, 7) is 0.898. The number of nitrogens with one attached hydrogen (secondary N) is 2. The van der Waals surface area contributed by atoms with E-state index in [-0.39, 0.29) is 18.0 Å². The largest absolute Gasteiger partial charge is 0.396 e. The molecule has 2 aromatic rings. The molecule has 0 bridgehead atoms. The van der Waals surface area contributed by atoms with Crippen molar-refractivity contribution in [2.75, 3.05) is 24.2 Å². The first-order valence-electron chi connectivity index (χ1n) is 7.04. The number of aliphatic hydroxyl groups excluding tert-OH is 1. The molecule has 3 rings (SSSR count). The fourth-order valence-electron chi connectivity index (χ4n) is 2.95. The van der Waals surface area contributed by atoms with Gasteiger partial charge in [0.15, 0.2) is 5.65 Å². The Morgan fingerprint density at radius 2 is 2.10 bits per heavy atom. The molecule has 0 aromatic carbocycles. The normalized spacial score (nSPS) is 18.2. The number of hydrogen-bond acceptors (Lipinski definition) is 6. The fraction of sp³-hybridized carbons (Fsp3) is 0.615. The van der Waals surface area contributed by atoms with Crippen LogP contribution in [0.1, 0.15) is 32.1 Å². The zero-order chi connectivity index (χ0) is 14.0. The van der Waals surface area contributed by atoms with Gasteiger partial charge >= 0.3 is 0 Å². The maximum atomic E-state index is 9.73. The Morgan fingerprint density at radius 1 is 1.30 bits per heavy atom. The van der Waals surface area contributed by atoms with E-state index < -0.39 is 0 Å². The van der Waals surface area contributed by atoms with Gasteiger partial charge in [-0.05, 0) is 12.8 Å². The van der Waals surface area contributed by atoms with Gasteiger partial charge in [0, 0.05) is 12.0 Å². The summed E-state index contributed by atoms with van der Waals surface area (Å²) in [5.74, 6) is 0.894. The smallest absolute Gasteiger partial charge is 0.224 e. The van der Waals surface area contributed by atoms with Crippen LogP contribution in [0.15, 0.2) is 6.20 Å². The van der Waals surface area contributed by atoms with Crippen molar-refractivity contribution in [3.05, 3.63) is 6.20 Å². The van der Waals surface area contributed by atoms with Crippen molar-refractivity contribution in [3.8, 4) is 0 Å². The maximum Gasteiger partial charge on any atom is 0.224 e. The molecule has 20 heavy (non-hydrogen) atoms. The Kier molecular flexibility index (Phi) is 3.43. The number of nitrogens with zero attached hydrogens (tertiary/aromatic N) is 3. The highest BCUT2D eigenvalue weighted by Gasteiger charge is 2.31. The van der Waals surface area contributed by atoms with Crippen LogP contribution in [0.25, 0.3) is 11.0 Å². The molecular formula is C13H20N6O. The summed E-state index contributed by atoms with van der Waals surface area (Å²) in [6, 6.07) is 0. The summed E-state index contributed by atoms with van der Waals surface area (Å²) in [5, 5.41) is 20.6. The number of rotatable bonds is 4. The van der Waals surface area contributed by atoms with Crippen molar-refractivity contribution in [1.82, 2.24) is 20.2 Å². The fourth-order valence-corrected chi connectivity index (χ4v) is 2.95. The summed E-state index contributed by atoms with van der Waals surface area (Å²) in [4.78, 5) is 8.33. The number of nitrogens with two attached hydrogens (primary N) is 1. The van der Waals surface area contributed by atoms with Gasteiger partial charge in [0.25, 0.3) is 0 Å². The molecule has 0 saturated heterocycles. The lowest BCUT2D eigenvalue weighted by atomic mass is 9.74. The molecule has 0 spiro atoms. The van der Waals surface area contributed by atoms with Crippen LogP contribution >= 0.6 is 0 Å². The third kappa shape index (κ3) is 2.40. The number of H-pyrrole nitrogens is 1. The molecule has 7 nitrogen and oxygen atoms in total. The van der Waals surface area contributed by atoms with Gasteiger partial charge in [-0.2, -0.15) is 15.1 Å². The van der Waals surface area contributed by atoms with Crippen molar-refractivity contribution >= 4 is 22.8 Å². The lowest BCUT2D eigenvalue weighted by Crippen LogP contribution is -2.35. The summed E-state index contributed by atoms with van der Waals surface area (Å²) in [7, 11) is 0. The second-order valence-corrected chi connectivity index (χ2v) is 5.64. The highest BCUT2D eigenvalue weighted by atomic mass is 16.3. The van der Waals surface area contributed by atoms with Crippen molar-refractivity contribution < 1.29 is 5.11 Å². The zero-order valence-electron chi connectivity index (χ0n) is 11.4. The van der Waals surface area contributed by atoms with Gasteiger partial charge in [-0.3, -0.25) is 5.10 Å². The molecule has 0 radical (unpaired) electrons. The van der Waals surface area contributed by atoms with E-state index in [9.17, 15) is 5.11 Å². The SMILES string of the molecule is Nc1nc(NCC2(CO)CCCCC2)c2cn[nH]c2n1. The molecule has 0 unspecified atom stereocenters. The van der Waals surface area contributed by atoms with Crippen LogP contribution in [0.3, 0.4) is 0 Å². The van der Waals surface area contributed by atoms with Crippen LogP contribution in [-0.2, 0) is 0 Å². The van der Waals surface area contributed by atoms with E-state index in [0.29, 0.717) is 18.0 Å².